The summed E-state index contributed by atoms with van der Waals surface area (Å²) in [7, 11) is 0. The first kappa shape index (κ1) is 18.7. The van der Waals surface area contributed by atoms with Gasteiger partial charge in [-0.3, -0.25) is 9.88 Å². The molecule has 1 aromatic heterocycles. The van der Waals surface area contributed by atoms with Crippen LogP contribution in [0.25, 0.3) is 0 Å². The molecule has 0 aromatic carbocycles. The second-order valence-electron chi connectivity index (χ2n) is 5.82. The van der Waals surface area contributed by atoms with E-state index in [0.29, 0.717) is 12.1 Å². The van der Waals surface area contributed by atoms with Crippen LogP contribution in [0.5, 0.6) is 0 Å². The van der Waals surface area contributed by atoms with Crippen molar-refractivity contribution in [2.75, 3.05) is 13.1 Å². The van der Waals surface area contributed by atoms with E-state index in [4.69, 9.17) is 5.73 Å². The van der Waals surface area contributed by atoms with E-state index in [1.165, 1.54) is 5.56 Å². The van der Waals surface area contributed by atoms with Crippen molar-refractivity contribution in [3.05, 3.63) is 30.1 Å². The molecular weight excluding hydrogens is 281 g/mol. The predicted octanol–water partition coefficient (Wildman–Crippen LogP) is 3.05. The van der Waals surface area contributed by atoms with Crippen molar-refractivity contribution < 1.29 is 0 Å². The molecule has 110 valence electrons. The molecule has 2 rings (SSSR count). The molecule has 2 unspecified atom stereocenters. The van der Waals surface area contributed by atoms with E-state index in [1.54, 1.807) is 0 Å². The minimum atomic E-state index is 0. The summed E-state index contributed by atoms with van der Waals surface area (Å²) in [4.78, 5) is 6.71. The zero-order valence-electron chi connectivity index (χ0n) is 11.9. The van der Waals surface area contributed by atoms with Crippen molar-refractivity contribution in [2.45, 2.75) is 39.3 Å². The van der Waals surface area contributed by atoms with Gasteiger partial charge in [0.1, 0.15) is 0 Å². The number of hydrogen-bond acceptors (Lipinski definition) is 3. The summed E-state index contributed by atoms with van der Waals surface area (Å²) in [6, 6.07) is 4.90. The average Bonchev–Trinajstić information content (AvgIpc) is 2.33. The van der Waals surface area contributed by atoms with Crippen LogP contribution in [0.15, 0.2) is 24.5 Å². The molecule has 1 aromatic rings. The molecule has 2 heterocycles. The average molecular weight is 306 g/mol. The third-order valence-electron chi connectivity index (χ3n) is 4.06. The van der Waals surface area contributed by atoms with Gasteiger partial charge < -0.3 is 5.73 Å². The summed E-state index contributed by atoms with van der Waals surface area (Å²) in [5.41, 5.74) is 7.67. The number of likely N-dealkylation sites (tertiary alicyclic amines) is 1. The smallest absolute Gasteiger partial charge is 0.0335 e. The quantitative estimate of drug-likeness (QED) is 0.913. The number of hydrogen-bond donors (Lipinski definition) is 1. The Hall–Kier alpha value is -0.350. The third-order valence-corrected chi connectivity index (χ3v) is 4.06. The molecule has 1 saturated heterocycles. The van der Waals surface area contributed by atoms with Gasteiger partial charge in [0.05, 0.1) is 0 Å². The van der Waals surface area contributed by atoms with E-state index in [1.807, 2.05) is 18.5 Å². The topological polar surface area (TPSA) is 42.2 Å². The SMILES string of the molecule is CC(c1cccnc1)N1CCC(N)C(C)(C)C1.Cl.Cl. The standard InChI is InChI=1S/C14H23N3.2ClH/c1-11(12-5-4-7-16-9-12)17-8-6-13(15)14(2,3)10-17;;/h4-5,7,9,11,13H,6,8,10,15H2,1-3H3;2*1H. The van der Waals surface area contributed by atoms with E-state index in [9.17, 15) is 0 Å². The maximum Gasteiger partial charge on any atom is 0.0335 e. The van der Waals surface area contributed by atoms with E-state index in [-0.39, 0.29) is 30.2 Å². The molecule has 0 saturated carbocycles. The molecule has 1 aliphatic heterocycles. The Morgan fingerprint density at radius 1 is 1.42 bits per heavy atom. The molecule has 1 aliphatic rings. The van der Waals surface area contributed by atoms with Crippen LogP contribution >= 0.6 is 24.8 Å². The summed E-state index contributed by atoms with van der Waals surface area (Å²) in [5, 5.41) is 0. The van der Waals surface area contributed by atoms with E-state index >= 15 is 0 Å². The number of halogens is 2. The van der Waals surface area contributed by atoms with Crippen molar-refractivity contribution >= 4 is 24.8 Å². The van der Waals surface area contributed by atoms with Gasteiger partial charge in [0.2, 0.25) is 0 Å². The summed E-state index contributed by atoms with van der Waals surface area (Å²) in [5.74, 6) is 0. The highest BCUT2D eigenvalue weighted by molar-refractivity contribution is 5.85. The van der Waals surface area contributed by atoms with Crippen LogP contribution in [0.2, 0.25) is 0 Å². The molecule has 1 fully saturated rings. The first-order valence-corrected chi connectivity index (χ1v) is 6.40. The summed E-state index contributed by atoms with van der Waals surface area (Å²) >= 11 is 0. The van der Waals surface area contributed by atoms with Gasteiger partial charge in [-0.1, -0.05) is 19.9 Å². The molecule has 0 radical (unpaired) electrons. The van der Waals surface area contributed by atoms with Gasteiger partial charge in [0.25, 0.3) is 0 Å². The molecule has 0 amide bonds. The lowest BCUT2D eigenvalue weighted by Gasteiger charge is -2.45. The third kappa shape index (κ3) is 4.32. The van der Waals surface area contributed by atoms with Crippen LogP contribution in [0.3, 0.4) is 0 Å². The Balaban J connectivity index is 0.00000162. The number of nitrogens with two attached hydrogens (primary N) is 1. The van der Waals surface area contributed by atoms with Crippen molar-refractivity contribution in [1.29, 1.82) is 0 Å². The first-order valence-electron chi connectivity index (χ1n) is 6.40. The minimum absolute atomic E-state index is 0. The highest BCUT2D eigenvalue weighted by Gasteiger charge is 2.35. The molecule has 5 heteroatoms. The first-order chi connectivity index (χ1) is 8.00. The van der Waals surface area contributed by atoms with E-state index < -0.39 is 0 Å². The zero-order chi connectivity index (χ0) is 12.5. The Bertz CT molecular complexity index is 370. The molecule has 19 heavy (non-hydrogen) atoms. The highest BCUT2D eigenvalue weighted by Crippen LogP contribution is 2.32. The predicted molar refractivity (Wildman–Crippen MR) is 85.1 cm³/mol. The Morgan fingerprint density at radius 2 is 2.11 bits per heavy atom. The second-order valence-corrected chi connectivity index (χ2v) is 5.82. The van der Waals surface area contributed by atoms with Crippen molar-refractivity contribution in [3.8, 4) is 0 Å². The van der Waals surface area contributed by atoms with Crippen LogP contribution in [0.4, 0.5) is 0 Å². The fraction of sp³-hybridized carbons (Fsp3) is 0.643. The van der Waals surface area contributed by atoms with Crippen LogP contribution in [0, 0.1) is 5.41 Å². The van der Waals surface area contributed by atoms with Gasteiger partial charge in [-0.2, -0.15) is 0 Å². The molecule has 0 aliphatic carbocycles. The molecule has 2 atom stereocenters. The lowest BCUT2D eigenvalue weighted by molar-refractivity contribution is 0.0663. The fourth-order valence-corrected chi connectivity index (χ4v) is 2.58. The molecule has 0 bridgehead atoms. The lowest BCUT2D eigenvalue weighted by atomic mass is 9.79. The molecule has 2 N–H and O–H groups in total. The molecule has 3 nitrogen and oxygen atoms in total. The van der Waals surface area contributed by atoms with Crippen LogP contribution in [0.1, 0.15) is 38.8 Å². The van der Waals surface area contributed by atoms with Gasteiger partial charge in [-0.05, 0) is 30.4 Å². The largest absolute Gasteiger partial charge is 0.327 e. The lowest BCUT2D eigenvalue weighted by Crippen LogP contribution is -2.52. The Kier molecular flexibility index (Phi) is 7.30. The van der Waals surface area contributed by atoms with Gasteiger partial charge in [-0.25, -0.2) is 0 Å². The van der Waals surface area contributed by atoms with Crippen LogP contribution in [-0.2, 0) is 0 Å². The van der Waals surface area contributed by atoms with Crippen molar-refractivity contribution in [3.63, 3.8) is 0 Å². The highest BCUT2D eigenvalue weighted by atomic mass is 35.5. The van der Waals surface area contributed by atoms with Crippen LogP contribution in [-0.4, -0.2) is 29.0 Å². The Labute approximate surface area is 128 Å². The van der Waals surface area contributed by atoms with Crippen molar-refractivity contribution in [1.82, 2.24) is 9.88 Å². The van der Waals surface area contributed by atoms with E-state index in [2.05, 4.69) is 36.7 Å². The summed E-state index contributed by atoms with van der Waals surface area (Å²) < 4.78 is 0. The number of rotatable bonds is 2. The van der Waals surface area contributed by atoms with Gasteiger partial charge >= 0.3 is 0 Å². The normalized spacial score (nSPS) is 23.9. The zero-order valence-corrected chi connectivity index (χ0v) is 13.5. The van der Waals surface area contributed by atoms with Gasteiger partial charge in [-0.15, -0.1) is 24.8 Å². The number of piperidine rings is 1. The number of aromatic nitrogens is 1. The summed E-state index contributed by atoms with van der Waals surface area (Å²) in [6.45, 7) is 8.93. The van der Waals surface area contributed by atoms with E-state index in [0.717, 1.165) is 19.5 Å². The van der Waals surface area contributed by atoms with Gasteiger partial charge in [0.15, 0.2) is 0 Å². The molecule has 0 spiro atoms. The van der Waals surface area contributed by atoms with Crippen molar-refractivity contribution in [2.24, 2.45) is 11.1 Å². The maximum absolute atomic E-state index is 6.17. The van der Waals surface area contributed by atoms with Gasteiger partial charge in [0, 0.05) is 37.6 Å². The minimum Gasteiger partial charge on any atom is -0.327 e. The Morgan fingerprint density at radius 3 is 2.63 bits per heavy atom. The molecular formula is C14H25Cl2N3. The second kappa shape index (κ2) is 7.44. The monoisotopic (exact) mass is 305 g/mol. The fourth-order valence-electron chi connectivity index (χ4n) is 2.58. The summed E-state index contributed by atoms with van der Waals surface area (Å²) in [6.07, 6.45) is 4.87. The number of nitrogens with zero attached hydrogens (tertiary/aromatic N) is 2. The number of pyridine rings is 1. The van der Waals surface area contributed by atoms with Crippen LogP contribution < -0.4 is 5.73 Å². The maximum atomic E-state index is 6.17.